The van der Waals surface area contributed by atoms with Gasteiger partial charge in [0.2, 0.25) is 0 Å². The fourth-order valence-corrected chi connectivity index (χ4v) is 0.809. The Bertz CT molecular complexity index is 299. The van der Waals surface area contributed by atoms with Crippen LogP contribution in [0.15, 0.2) is 8.96 Å². The number of hydrogen-bond donors (Lipinski definition) is 3. The number of hydrogen-bond acceptors (Lipinski definition) is 3. The lowest BCUT2D eigenvalue weighted by Crippen LogP contribution is -2.35. The van der Waals surface area contributed by atoms with Crippen LogP contribution in [0.3, 0.4) is 0 Å². The summed E-state index contributed by atoms with van der Waals surface area (Å²) in [5.41, 5.74) is 4.63. The predicted molar refractivity (Wildman–Crippen MR) is 50.2 cm³/mol. The Morgan fingerprint density at radius 2 is 1.62 bits per heavy atom. The van der Waals surface area contributed by atoms with Crippen molar-refractivity contribution in [3.8, 4) is 0 Å². The van der Waals surface area contributed by atoms with Crippen molar-refractivity contribution in [2.75, 3.05) is 0 Å². The van der Waals surface area contributed by atoms with E-state index in [2.05, 4.69) is 37.6 Å². The second-order valence-corrected chi connectivity index (χ2v) is 3.34. The number of carboxylic acids is 1. The summed E-state index contributed by atoms with van der Waals surface area (Å²) in [6.45, 7) is 0. The zero-order valence-electron chi connectivity index (χ0n) is 6.01. The topological polar surface area (TPSA) is 109 Å². The normalized spacial score (nSPS) is 11.5. The van der Waals surface area contributed by atoms with E-state index < -0.39 is 22.4 Å². The van der Waals surface area contributed by atoms with E-state index in [0.29, 0.717) is 0 Å². The van der Waals surface area contributed by atoms with Gasteiger partial charge >= 0.3 is 12.0 Å². The van der Waals surface area contributed by atoms with Gasteiger partial charge in [0.25, 0.3) is 5.91 Å². The molecule has 8 heteroatoms. The first kappa shape index (κ1) is 12.1. The van der Waals surface area contributed by atoms with Crippen molar-refractivity contribution in [3.05, 3.63) is 8.96 Å². The van der Waals surface area contributed by atoms with Crippen molar-refractivity contribution in [3.63, 3.8) is 0 Å². The molecular weight excluding hydrogens is 312 g/mol. The fraction of sp³-hybridized carbons (Fsp3) is 0. The fourth-order valence-electron chi connectivity index (χ4n) is 0.360. The van der Waals surface area contributed by atoms with E-state index in [0.717, 1.165) is 0 Å². The molecule has 4 N–H and O–H groups in total. The van der Waals surface area contributed by atoms with Crippen LogP contribution in [0.2, 0.25) is 0 Å². The third-order valence-corrected chi connectivity index (χ3v) is 2.84. The second kappa shape index (κ2) is 4.97. The van der Waals surface area contributed by atoms with Gasteiger partial charge in [-0.2, -0.15) is 0 Å². The van der Waals surface area contributed by atoms with Crippen molar-refractivity contribution < 1.29 is 19.5 Å². The number of carbonyl (C=O) groups is 3. The Labute approximate surface area is 89.4 Å². The molecule has 72 valence electrons. The largest absolute Gasteiger partial charge is 0.477 e. The van der Waals surface area contributed by atoms with Crippen LogP contribution >= 0.6 is 31.9 Å². The highest BCUT2D eigenvalue weighted by Gasteiger charge is 2.16. The molecule has 0 spiro atoms. The van der Waals surface area contributed by atoms with Crippen molar-refractivity contribution >= 4 is 49.8 Å². The summed E-state index contributed by atoms with van der Waals surface area (Å²) >= 11 is 5.29. The Kier molecular flexibility index (Phi) is 4.63. The highest BCUT2D eigenvalue weighted by atomic mass is 79.9. The van der Waals surface area contributed by atoms with Crippen molar-refractivity contribution in [2.24, 2.45) is 5.73 Å². The van der Waals surface area contributed by atoms with Gasteiger partial charge in [0, 0.05) is 0 Å². The molecule has 6 nitrogen and oxygen atoms in total. The molecule has 0 heterocycles. The first-order valence-corrected chi connectivity index (χ1v) is 4.34. The maximum Gasteiger partial charge on any atom is 0.344 e. The minimum absolute atomic E-state index is 0.321. The molecule has 13 heavy (non-hydrogen) atoms. The summed E-state index contributed by atoms with van der Waals surface area (Å²) in [5.74, 6) is -2.27. The summed E-state index contributed by atoms with van der Waals surface area (Å²) in [5, 5.41) is 10.1. The zero-order chi connectivity index (χ0) is 10.6. The van der Waals surface area contributed by atoms with Gasteiger partial charge in [-0.25, -0.2) is 9.59 Å². The molecule has 0 aliphatic rings. The van der Waals surface area contributed by atoms with Crippen LogP contribution in [0.1, 0.15) is 0 Å². The molecule has 3 amide bonds. The third-order valence-electron chi connectivity index (χ3n) is 0.817. The van der Waals surface area contributed by atoms with Crippen molar-refractivity contribution in [2.45, 2.75) is 0 Å². The van der Waals surface area contributed by atoms with Gasteiger partial charge in [-0.3, -0.25) is 10.1 Å². The molecule has 0 saturated carbocycles. The predicted octanol–water partition coefficient (Wildman–Crippen LogP) is 0.267. The Balaban J connectivity index is 4.68. The highest BCUT2D eigenvalue weighted by Crippen LogP contribution is 2.17. The summed E-state index contributed by atoms with van der Waals surface area (Å²) in [6, 6.07) is -1.06. The quantitative estimate of drug-likeness (QED) is 0.635. The molecule has 0 unspecified atom stereocenters. The number of rotatable bonds is 2. The van der Waals surface area contributed by atoms with Crippen molar-refractivity contribution in [1.82, 2.24) is 5.32 Å². The van der Waals surface area contributed by atoms with Gasteiger partial charge < -0.3 is 10.8 Å². The molecule has 0 fully saturated rings. The number of urea groups is 1. The lowest BCUT2D eigenvalue weighted by molar-refractivity contribution is -0.132. The zero-order valence-corrected chi connectivity index (χ0v) is 9.18. The van der Waals surface area contributed by atoms with Gasteiger partial charge in [0.05, 0.1) is 0 Å². The molecule has 0 bridgehead atoms. The highest BCUT2D eigenvalue weighted by molar-refractivity contribution is 9.14. The van der Waals surface area contributed by atoms with E-state index in [9.17, 15) is 14.4 Å². The molecule has 0 aromatic rings. The average molecular weight is 316 g/mol. The van der Waals surface area contributed by atoms with Gasteiger partial charge in [-0.15, -0.1) is 0 Å². The molecule has 0 aromatic heterocycles. The summed E-state index contributed by atoms with van der Waals surface area (Å²) < 4.78 is -0.718. The smallest absolute Gasteiger partial charge is 0.344 e. The number of nitrogens with two attached hydrogens (primary N) is 1. The van der Waals surface area contributed by atoms with E-state index in [4.69, 9.17) is 5.11 Å². The van der Waals surface area contributed by atoms with E-state index in [1.165, 1.54) is 0 Å². The number of halogens is 2. The standard InChI is InChI=1S/C5H4Br2N2O4/c6-1(2(7)4(11)12)3(10)9-5(8)13/h(H,11,12)(H3,8,9,10,13)/b2-1-. The van der Waals surface area contributed by atoms with E-state index in [1.54, 1.807) is 5.32 Å². The number of carbonyl (C=O) groups excluding carboxylic acids is 2. The van der Waals surface area contributed by atoms with Crippen LogP contribution in [0.4, 0.5) is 4.79 Å². The lowest BCUT2D eigenvalue weighted by Gasteiger charge is -1.99. The first-order chi connectivity index (χ1) is 5.86. The number of primary amides is 1. The number of aliphatic carboxylic acids is 1. The Hall–Kier alpha value is -0.890. The molecule has 0 radical (unpaired) electrons. The molecule has 0 saturated heterocycles. The molecule has 0 aromatic carbocycles. The SMILES string of the molecule is NC(=O)NC(=O)/C(Br)=C(/Br)C(=O)O. The number of amides is 3. The summed E-state index contributed by atoms with van der Waals surface area (Å²) in [6.07, 6.45) is 0. The molecule has 0 rings (SSSR count). The lowest BCUT2D eigenvalue weighted by atomic mass is 10.4. The van der Waals surface area contributed by atoms with Gasteiger partial charge in [-0.05, 0) is 31.9 Å². The average Bonchev–Trinajstić information content (AvgIpc) is 2.00. The van der Waals surface area contributed by atoms with Crippen LogP contribution in [0, 0.1) is 0 Å². The minimum atomic E-state index is -1.34. The monoisotopic (exact) mass is 314 g/mol. The molecule has 0 atom stereocenters. The third kappa shape index (κ3) is 4.04. The number of carboxylic acid groups (broad SMARTS) is 1. The Morgan fingerprint density at radius 1 is 1.15 bits per heavy atom. The van der Waals surface area contributed by atoms with E-state index in [1.807, 2.05) is 0 Å². The number of imide groups is 1. The molecule has 0 aliphatic carbocycles. The van der Waals surface area contributed by atoms with Crippen molar-refractivity contribution in [1.29, 1.82) is 0 Å². The van der Waals surface area contributed by atoms with Gasteiger partial charge in [-0.1, -0.05) is 0 Å². The maximum atomic E-state index is 10.9. The summed E-state index contributed by atoms with van der Waals surface area (Å²) in [4.78, 5) is 31.4. The van der Waals surface area contributed by atoms with Crippen LogP contribution in [-0.4, -0.2) is 23.0 Å². The van der Waals surface area contributed by atoms with Crippen LogP contribution in [0.5, 0.6) is 0 Å². The second-order valence-electron chi connectivity index (χ2n) is 1.75. The van der Waals surface area contributed by atoms with Gasteiger partial charge in [0.1, 0.15) is 8.96 Å². The summed E-state index contributed by atoms with van der Waals surface area (Å²) in [7, 11) is 0. The van der Waals surface area contributed by atoms with Crippen LogP contribution in [0.25, 0.3) is 0 Å². The number of nitrogens with one attached hydrogen (secondary N) is 1. The maximum absolute atomic E-state index is 10.9. The first-order valence-electron chi connectivity index (χ1n) is 2.75. The van der Waals surface area contributed by atoms with E-state index in [-0.39, 0.29) is 4.48 Å². The van der Waals surface area contributed by atoms with Gasteiger partial charge in [0.15, 0.2) is 0 Å². The molecule has 0 aliphatic heterocycles. The van der Waals surface area contributed by atoms with E-state index >= 15 is 0 Å². The van der Waals surface area contributed by atoms with Crippen LogP contribution in [-0.2, 0) is 9.59 Å². The van der Waals surface area contributed by atoms with Crippen LogP contribution < -0.4 is 11.1 Å². The Morgan fingerprint density at radius 3 is 1.92 bits per heavy atom. The minimum Gasteiger partial charge on any atom is -0.477 e. The molecular formula is C5H4Br2N2O4.